The molecule has 11 heteroatoms. The molecule has 3 N–H and O–H groups in total. The van der Waals surface area contributed by atoms with Gasteiger partial charge in [0.25, 0.3) is 5.91 Å². The maximum absolute atomic E-state index is 12.2. The molecule has 1 aromatic carbocycles. The van der Waals surface area contributed by atoms with E-state index in [1.54, 1.807) is 30.7 Å². The number of carbonyl (C=O) groups excluding carboxylic acids is 2. The Balaban J connectivity index is 2.43. The van der Waals surface area contributed by atoms with Gasteiger partial charge >= 0.3 is 5.97 Å². The van der Waals surface area contributed by atoms with Gasteiger partial charge in [-0.05, 0) is 37.6 Å². The maximum atomic E-state index is 12.2. The fourth-order valence-corrected chi connectivity index (χ4v) is 3.18. The summed E-state index contributed by atoms with van der Waals surface area (Å²) in [6.07, 6.45) is 1.67. The number of rotatable bonds is 14. The van der Waals surface area contributed by atoms with Crippen molar-refractivity contribution in [2.75, 3.05) is 38.8 Å². The van der Waals surface area contributed by atoms with E-state index in [1.165, 1.54) is 6.08 Å². The van der Waals surface area contributed by atoms with Gasteiger partial charge in [0.1, 0.15) is 5.75 Å². The van der Waals surface area contributed by atoms with Crippen LogP contribution in [-0.2, 0) is 20.8 Å². The molecule has 11 nitrogen and oxygen atoms in total. The third kappa shape index (κ3) is 6.74. The van der Waals surface area contributed by atoms with Crippen molar-refractivity contribution in [3.8, 4) is 5.75 Å². The van der Waals surface area contributed by atoms with E-state index in [9.17, 15) is 9.59 Å². The number of allylic oxidation sites excluding steroid dienone is 1. The molecule has 0 radical (unpaired) electrons. The minimum atomic E-state index is -0.731. The summed E-state index contributed by atoms with van der Waals surface area (Å²) in [6.45, 7) is 8.66. The van der Waals surface area contributed by atoms with E-state index in [-0.39, 0.29) is 24.6 Å². The maximum Gasteiger partial charge on any atom is 0.307 e. The number of ether oxygens (including phenoxy) is 3. The number of esters is 1. The molecular weight excluding hydrogens is 440 g/mol. The van der Waals surface area contributed by atoms with Gasteiger partial charge in [-0.3, -0.25) is 9.59 Å². The number of hydrogen-bond donors (Lipinski definition) is 2. The molecule has 0 aliphatic carbocycles. The summed E-state index contributed by atoms with van der Waals surface area (Å²) in [4.78, 5) is 25.6. The number of hydrogen-bond acceptors (Lipinski definition) is 9. The topological polar surface area (TPSA) is 134 Å². The van der Waals surface area contributed by atoms with Crippen molar-refractivity contribution >= 4 is 17.7 Å². The molecule has 0 saturated heterocycles. The fourth-order valence-electron chi connectivity index (χ4n) is 3.18. The lowest BCUT2D eigenvalue weighted by atomic mass is 10.2. The summed E-state index contributed by atoms with van der Waals surface area (Å²) >= 11 is 0. The van der Waals surface area contributed by atoms with Crippen molar-refractivity contribution in [1.29, 1.82) is 0 Å². The van der Waals surface area contributed by atoms with E-state index in [4.69, 9.17) is 19.9 Å². The summed E-state index contributed by atoms with van der Waals surface area (Å²) < 4.78 is 17.5. The highest BCUT2D eigenvalue weighted by molar-refractivity contribution is 5.96. The van der Waals surface area contributed by atoms with Crippen LogP contribution in [0.25, 0.3) is 0 Å². The molecule has 1 amide bonds. The molecule has 0 fully saturated rings. The van der Waals surface area contributed by atoms with E-state index in [1.807, 2.05) is 31.2 Å². The first-order valence-corrected chi connectivity index (χ1v) is 10.8. The Labute approximate surface area is 199 Å². The molecule has 2 rings (SSSR count). The predicted octanol–water partition coefficient (Wildman–Crippen LogP) is 1.80. The first kappa shape index (κ1) is 26.2. The van der Waals surface area contributed by atoms with Gasteiger partial charge in [-0.2, -0.15) is 0 Å². The van der Waals surface area contributed by atoms with Crippen molar-refractivity contribution in [3.05, 3.63) is 59.8 Å². The second-order valence-corrected chi connectivity index (χ2v) is 7.02. The molecule has 0 saturated carbocycles. The number of methoxy groups -OCH3 is 1. The zero-order valence-corrected chi connectivity index (χ0v) is 20.0. The first-order chi connectivity index (χ1) is 16.4. The Hall–Kier alpha value is -4.02. The molecule has 2 aromatic rings. The van der Waals surface area contributed by atoms with Crippen molar-refractivity contribution in [3.63, 3.8) is 0 Å². The molecule has 0 aliphatic rings. The third-order valence-corrected chi connectivity index (χ3v) is 4.73. The quantitative estimate of drug-likeness (QED) is 0.240. The molecule has 0 bridgehead atoms. The van der Waals surface area contributed by atoms with Crippen molar-refractivity contribution in [2.24, 2.45) is 5.73 Å². The lowest BCUT2D eigenvalue weighted by molar-refractivity contribution is -0.142. The lowest BCUT2D eigenvalue weighted by Crippen LogP contribution is -2.34. The van der Waals surface area contributed by atoms with E-state index in [2.05, 4.69) is 22.2 Å². The van der Waals surface area contributed by atoms with Crippen molar-refractivity contribution in [1.82, 2.24) is 20.3 Å². The standard InChI is InChI=1S/C23H32N6O5/c1-6-18(33-7-2)22(25-14-13-19(30)34-8-3)28(4)23-20(21(24)31)26-27-29(23)15-16-9-11-17(32-5)12-10-16/h6,9-12,25H,1,7-8,13-15H2,2-5H3,(H2,24,31)/b22-18-. The summed E-state index contributed by atoms with van der Waals surface area (Å²) in [6, 6.07) is 7.44. The molecule has 0 unspecified atom stereocenters. The molecule has 34 heavy (non-hydrogen) atoms. The molecule has 1 heterocycles. The highest BCUT2D eigenvalue weighted by atomic mass is 16.5. The van der Waals surface area contributed by atoms with Crippen LogP contribution in [-0.4, -0.2) is 60.8 Å². The number of nitrogens with one attached hydrogen (secondary N) is 1. The van der Waals surface area contributed by atoms with Crippen LogP contribution in [0.3, 0.4) is 0 Å². The zero-order valence-electron chi connectivity index (χ0n) is 20.0. The molecule has 1 aromatic heterocycles. The molecule has 0 spiro atoms. The molecule has 0 atom stereocenters. The Kier molecular flexibility index (Phi) is 9.93. The van der Waals surface area contributed by atoms with E-state index < -0.39 is 5.91 Å². The molecular formula is C23H32N6O5. The van der Waals surface area contributed by atoms with Gasteiger partial charge in [-0.1, -0.05) is 23.9 Å². The van der Waals surface area contributed by atoms with Gasteiger partial charge in [0.15, 0.2) is 23.1 Å². The summed E-state index contributed by atoms with van der Waals surface area (Å²) in [5, 5.41) is 11.3. The highest BCUT2D eigenvalue weighted by Gasteiger charge is 2.25. The zero-order chi connectivity index (χ0) is 25.1. The van der Waals surface area contributed by atoms with Crippen LogP contribution in [0.15, 0.2) is 48.5 Å². The van der Waals surface area contributed by atoms with Gasteiger partial charge in [0, 0.05) is 13.6 Å². The smallest absolute Gasteiger partial charge is 0.307 e. The average Bonchev–Trinajstić information content (AvgIpc) is 3.25. The number of primary amides is 1. The van der Waals surface area contributed by atoms with Gasteiger partial charge < -0.3 is 30.2 Å². The van der Waals surface area contributed by atoms with Gasteiger partial charge in [0.05, 0.1) is 33.3 Å². The highest BCUT2D eigenvalue weighted by Crippen LogP contribution is 2.24. The second-order valence-electron chi connectivity index (χ2n) is 7.02. The van der Waals surface area contributed by atoms with Crippen LogP contribution in [0.2, 0.25) is 0 Å². The van der Waals surface area contributed by atoms with Crippen molar-refractivity contribution in [2.45, 2.75) is 26.8 Å². The number of amides is 1. The number of carbonyl (C=O) groups is 2. The fraction of sp³-hybridized carbons (Fsp3) is 0.391. The minimum absolute atomic E-state index is 0.0133. The van der Waals surface area contributed by atoms with E-state index in [0.29, 0.717) is 37.2 Å². The SMILES string of the molecule is C=C/C(OCC)=C(\NCCC(=O)OCC)N(C)c1c(C(N)=O)nnn1Cc1ccc(OC)cc1. The minimum Gasteiger partial charge on any atom is -0.497 e. The number of nitrogens with two attached hydrogens (primary N) is 1. The molecule has 0 aliphatic heterocycles. The predicted molar refractivity (Wildman–Crippen MR) is 127 cm³/mol. The van der Waals surface area contributed by atoms with Crippen LogP contribution >= 0.6 is 0 Å². The Morgan fingerprint density at radius 3 is 2.44 bits per heavy atom. The van der Waals surface area contributed by atoms with E-state index in [0.717, 1.165) is 11.3 Å². The first-order valence-electron chi connectivity index (χ1n) is 10.8. The number of anilines is 1. The van der Waals surface area contributed by atoms with Gasteiger partial charge in [0.2, 0.25) is 0 Å². The van der Waals surface area contributed by atoms with Crippen LogP contribution in [0.1, 0.15) is 36.3 Å². The third-order valence-electron chi connectivity index (χ3n) is 4.73. The van der Waals surface area contributed by atoms with Gasteiger partial charge in [-0.25, -0.2) is 4.68 Å². The van der Waals surface area contributed by atoms with Crippen molar-refractivity contribution < 1.29 is 23.8 Å². The summed E-state index contributed by atoms with van der Waals surface area (Å²) in [5.41, 5.74) is 6.49. The van der Waals surface area contributed by atoms with Crippen LogP contribution < -0.4 is 20.7 Å². The van der Waals surface area contributed by atoms with Crippen LogP contribution in [0.4, 0.5) is 5.82 Å². The molecule has 184 valence electrons. The summed E-state index contributed by atoms with van der Waals surface area (Å²) in [7, 11) is 3.31. The Morgan fingerprint density at radius 2 is 1.88 bits per heavy atom. The average molecular weight is 473 g/mol. The van der Waals surface area contributed by atoms with Crippen LogP contribution in [0.5, 0.6) is 5.75 Å². The number of aromatic nitrogens is 3. The largest absolute Gasteiger partial charge is 0.497 e. The Bertz CT molecular complexity index is 1020. The monoisotopic (exact) mass is 472 g/mol. The summed E-state index contributed by atoms with van der Waals surface area (Å²) in [5.74, 6) is 0.883. The number of nitrogens with zero attached hydrogens (tertiary/aromatic N) is 4. The van der Waals surface area contributed by atoms with E-state index >= 15 is 0 Å². The Morgan fingerprint density at radius 1 is 1.21 bits per heavy atom. The second kappa shape index (κ2) is 12.9. The number of benzene rings is 1. The lowest BCUT2D eigenvalue weighted by Gasteiger charge is -2.26. The normalized spacial score (nSPS) is 11.3. The van der Waals surface area contributed by atoms with Crippen LogP contribution in [0, 0.1) is 0 Å². The van der Waals surface area contributed by atoms with Gasteiger partial charge in [-0.15, -0.1) is 5.10 Å².